The highest BCUT2D eigenvalue weighted by Crippen LogP contribution is 2.24. The van der Waals surface area contributed by atoms with Gasteiger partial charge in [0.15, 0.2) is 16.6 Å². The summed E-state index contributed by atoms with van der Waals surface area (Å²) in [4.78, 5) is 0. The van der Waals surface area contributed by atoms with E-state index in [2.05, 4.69) is 25.5 Å². The van der Waals surface area contributed by atoms with Crippen molar-refractivity contribution in [1.82, 2.24) is 30.0 Å². The van der Waals surface area contributed by atoms with Gasteiger partial charge < -0.3 is 0 Å². The Balaban J connectivity index is 2.37. The number of nitrogens with one attached hydrogen (secondary N) is 1. The molecular weight excluding hydrogens is 252 g/mol. The van der Waals surface area contributed by atoms with Gasteiger partial charge in [0.05, 0.1) is 11.8 Å². The minimum absolute atomic E-state index is 0.460. The molecule has 0 unspecified atom stereocenters. The van der Waals surface area contributed by atoms with Crippen LogP contribution in [0, 0.1) is 20.8 Å². The SMILES string of the molecule is Cc1[nH]ncc1-c1nnc2c(C)c(C)c(Cl)nn12. The van der Waals surface area contributed by atoms with Gasteiger partial charge in [-0.3, -0.25) is 5.10 Å². The fraction of sp³-hybridized carbons (Fsp3) is 0.273. The summed E-state index contributed by atoms with van der Waals surface area (Å²) in [6.45, 7) is 5.80. The summed E-state index contributed by atoms with van der Waals surface area (Å²) < 4.78 is 1.66. The van der Waals surface area contributed by atoms with E-state index in [0.29, 0.717) is 16.6 Å². The lowest BCUT2D eigenvalue weighted by Crippen LogP contribution is -2.00. The molecule has 3 heterocycles. The number of halogens is 1. The number of fused-ring (bicyclic) bond motifs is 1. The van der Waals surface area contributed by atoms with Crippen molar-refractivity contribution in [2.45, 2.75) is 20.8 Å². The zero-order valence-electron chi connectivity index (χ0n) is 10.2. The lowest BCUT2D eigenvalue weighted by molar-refractivity contribution is 0.918. The molecule has 3 aromatic heterocycles. The standard InChI is InChI=1S/C11H11ClN6/c1-5-6(2)10-15-16-11(18(10)17-9(5)12)8-4-13-14-7(8)3/h4H,1-3H3,(H,13,14). The van der Waals surface area contributed by atoms with E-state index < -0.39 is 0 Å². The zero-order valence-corrected chi connectivity index (χ0v) is 10.9. The van der Waals surface area contributed by atoms with E-state index in [1.807, 2.05) is 20.8 Å². The number of hydrogen-bond donors (Lipinski definition) is 1. The van der Waals surface area contributed by atoms with Crippen molar-refractivity contribution in [2.75, 3.05) is 0 Å². The zero-order chi connectivity index (χ0) is 12.9. The average molecular weight is 263 g/mol. The van der Waals surface area contributed by atoms with E-state index in [9.17, 15) is 0 Å². The first-order chi connectivity index (χ1) is 8.59. The van der Waals surface area contributed by atoms with Crippen LogP contribution in [-0.2, 0) is 0 Å². The molecule has 3 rings (SSSR count). The molecule has 0 radical (unpaired) electrons. The predicted molar refractivity (Wildman–Crippen MR) is 67.6 cm³/mol. The van der Waals surface area contributed by atoms with Crippen LogP contribution in [0.25, 0.3) is 17.0 Å². The normalized spacial score (nSPS) is 11.3. The van der Waals surface area contributed by atoms with Gasteiger partial charge in [-0.05, 0) is 26.3 Å². The maximum Gasteiger partial charge on any atom is 0.188 e. The second-order valence-electron chi connectivity index (χ2n) is 4.21. The van der Waals surface area contributed by atoms with E-state index in [0.717, 1.165) is 22.4 Å². The predicted octanol–water partition coefficient (Wildman–Crippen LogP) is 2.09. The first kappa shape index (κ1) is 11.2. The molecule has 92 valence electrons. The average Bonchev–Trinajstić information content (AvgIpc) is 2.92. The minimum atomic E-state index is 0.460. The van der Waals surface area contributed by atoms with Gasteiger partial charge in [-0.1, -0.05) is 11.6 Å². The van der Waals surface area contributed by atoms with Crippen LogP contribution in [0.4, 0.5) is 0 Å². The van der Waals surface area contributed by atoms with Crippen molar-refractivity contribution in [3.05, 3.63) is 28.2 Å². The van der Waals surface area contributed by atoms with Crippen LogP contribution < -0.4 is 0 Å². The summed E-state index contributed by atoms with van der Waals surface area (Å²) in [5.41, 5.74) is 4.41. The summed E-state index contributed by atoms with van der Waals surface area (Å²) in [5, 5.41) is 20.0. The molecule has 0 aromatic carbocycles. The maximum atomic E-state index is 6.11. The Hall–Kier alpha value is -1.95. The number of aromatic nitrogens is 6. The molecule has 7 heteroatoms. The first-order valence-corrected chi connectivity index (χ1v) is 5.86. The van der Waals surface area contributed by atoms with Crippen molar-refractivity contribution in [3.63, 3.8) is 0 Å². The molecule has 3 aromatic rings. The molecule has 6 nitrogen and oxygen atoms in total. The monoisotopic (exact) mass is 262 g/mol. The number of H-pyrrole nitrogens is 1. The first-order valence-electron chi connectivity index (χ1n) is 5.48. The molecular formula is C11H11ClN6. The Morgan fingerprint density at radius 1 is 1.17 bits per heavy atom. The van der Waals surface area contributed by atoms with E-state index >= 15 is 0 Å². The van der Waals surface area contributed by atoms with Gasteiger partial charge in [0.2, 0.25) is 0 Å². The van der Waals surface area contributed by atoms with Crippen molar-refractivity contribution in [1.29, 1.82) is 0 Å². The quantitative estimate of drug-likeness (QED) is 0.729. The molecule has 0 atom stereocenters. The Morgan fingerprint density at radius 2 is 1.94 bits per heavy atom. The van der Waals surface area contributed by atoms with E-state index in [1.165, 1.54) is 0 Å². The Labute approximate surface area is 108 Å². The number of aromatic amines is 1. The van der Waals surface area contributed by atoms with Crippen molar-refractivity contribution in [3.8, 4) is 11.4 Å². The second kappa shape index (κ2) is 3.78. The molecule has 18 heavy (non-hydrogen) atoms. The van der Waals surface area contributed by atoms with Crippen molar-refractivity contribution in [2.24, 2.45) is 0 Å². The van der Waals surface area contributed by atoms with Gasteiger partial charge in [0.1, 0.15) is 0 Å². The molecule has 0 amide bonds. The molecule has 1 N–H and O–H groups in total. The van der Waals surface area contributed by atoms with Crippen LogP contribution in [-0.4, -0.2) is 30.0 Å². The third-order valence-corrected chi connectivity index (χ3v) is 3.47. The van der Waals surface area contributed by atoms with Crippen LogP contribution in [0.2, 0.25) is 5.15 Å². The Kier molecular flexibility index (Phi) is 2.34. The Bertz CT molecular complexity index is 741. The summed E-state index contributed by atoms with van der Waals surface area (Å²) in [6, 6.07) is 0. The maximum absolute atomic E-state index is 6.11. The molecule has 0 spiro atoms. The molecule has 0 aliphatic carbocycles. The van der Waals surface area contributed by atoms with E-state index in [1.54, 1.807) is 10.7 Å². The number of nitrogens with zero attached hydrogens (tertiary/aromatic N) is 5. The van der Waals surface area contributed by atoms with Gasteiger partial charge in [-0.15, -0.1) is 10.2 Å². The van der Waals surface area contributed by atoms with Crippen LogP contribution in [0.3, 0.4) is 0 Å². The van der Waals surface area contributed by atoms with Crippen molar-refractivity contribution < 1.29 is 0 Å². The van der Waals surface area contributed by atoms with Crippen LogP contribution >= 0.6 is 11.6 Å². The molecule has 0 saturated heterocycles. The third-order valence-electron chi connectivity index (χ3n) is 3.11. The van der Waals surface area contributed by atoms with Gasteiger partial charge in [-0.25, -0.2) is 0 Å². The third kappa shape index (κ3) is 1.42. The summed E-state index contributed by atoms with van der Waals surface area (Å²) >= 11 is 6.11. The molecule has 0 saturated carbocycles. The van der Waals surface area contributed by atoms with Crippen LogP contribution in [0.1, 0.15) is 16.8 Å². The van der Waals surface area contributed by atoms with E-state index in [4.69, 9.17) is 11.6 Å². The van der Waals surface area contributed by atoms with Gasteiger partial charge in [-0.2, -0.15) is 14.7 Å². The molecule has 0 aliphatic heterocycles. The highest BCUT2D eigenvalue weighted by molar-refractivity contribution is 6.30. The summed E-state index contributed by atoms with van der Waals surface area (Å²) in [7, 11) is 0. The van der Waals surface area contributed by atoms with Crippen LogP contribution in [0.5, 0.6) is 0 Å². The number of rotatable bonds is 1. The van der Waals surface area contributed by atoms with Gasteiger partial charge >= 0.3 is 0 Å². The Morgan fingerprint density at radius 3 is 2.61 bits per heavy atom. The minimum Gasteiger partial charge on any atom is -0.282 e. The molecule has 0 bridgehead atoms. The topological polar surface area (TPSA) is 71.8 Å². The largest absolute Gasteiger partial charge is 0.282 e. The number of hydrogen-bond acceptors (Lipinski definition) is 4. The smallest absolute Gasteiger partial charge is 0.188 e. The lowest BCUT2D eigenvalue weighted by Gasteiger charge is -2.04. The summed E-state index contributed by atoms with van der Waals surface area (Å²) in [5.74, 6) is 0.640. The summed E-state index contributed by atoms with van der Waals surface area (Å²) in [6.07, 6.45) is 1.70. The van der Waals surface area contributed by atoms with Gasteiger partial charge in [0.25, 0.3) is 0 Å². The fourth-order valence-corrected chi connectivity index (χ4v) is 2.05. The highest BCUT2D eigenvalue weighted by atomic mass is 35.5. The lowest BCUT2D eigenvalue weighted by atomic mass is 10.2. The fourth-order valence-electron chi connectivity index (χ4n) is 1.84. The molecule has 0 aliphatic rings. The number of aryl methyl sites for hydroxylation is 2. The van der Waals surface area contributed by atoms with Crippen molar-refractivity contribution >= 4 is 17.2 Å². The second-order valence-corrected chi connectivity index (χ2v) is 4.57. The van der Waals surface area contributed by atoms with Gasteiger partial charge in [0, 0.05) is 11.3 Å². The van der Waals surface area contributed by atoms with Crippen LogP contribution in [0.15, 0.2) is 6.20 Å². The molecule has 0 fully saturated rings. The van der Waals surface area contributed by atoms with E-state index in [-0.39, 0.29) is 0 Å². The highest BCUT2D eigenvalue weighted by Gasteiger charge is 2.16.